The summed E-state index contributed by atoms with van der Waals surface area (Å²) in [6, 6.07) is 11.5. The lowest BCUT2D eigenvalue weighted by Gasteiger charge is -2.11. The summed E-state index contributed by atoms with van der Waals surface area (Å²) in [5.41, 5.74) is 11.9. The van der Waals surface area contributed by atoms with Crippen LogP contribution in [-0.2, 0) is 12.8 Å². The molecule has 2 aromatic carbocycles. The van der Waals surface area contributed by atoms with Crippen molar-refractivity contribution < 1.29 is 4.79 Å². The zero-order chi connectivity index (χ0) is 18.4. The van der Waals surface area contributed by atoms with Gasteiger partial charge < -0.3 is 11.1 Å². The average Bonchev–Trinajstić information content (AvgIpc) is 2.57. The summed E-state index contributed by atoms with van der Waals surface area (Å²) >= 11 is 0. The molecule has 0 atom stereocenters. The molecule has 132 valence electrons. The molecule has 0 aliphatic rings. The van der Waals surface area contributed by atoms with Crippen molar-refractivity contribution in [1.82, 2.24) is 5.32 Å². The SMILES string of the molecule is CCc1ccc(N=C(N)NC(=O)Nc2ccc(C)cc2C)c(CC)c1. The van der Waals surface area contributed by atoms with E-state index >= 15 is 0 Å². The van der Waals surface area contributed by atoms with Gasteiger partial charge in [0.15, 0.2) is 0 Å². The lowest BCUT2D eigenvalue weighted by Crippen LogP contribution is -2.39. The number of rotatable bonds is 4. The van der Waals surface area contributed by atoms with Crippen molar-refractivity contribution >= 4 is 23.4 Å². The van der Waals surface area contributed by atoms with Crippen LogP contribution in [0.5, 0.6) is 0 Å². The highest BCUT2D eigenvalue weighted by atomic mass is 16.2. The zero-order valence-corrected chi connectivity index (χ0v) is 15.3. The van der Waals surface area contributed by atoms with Crippen LogP contribution in [0.1, 0.15) is 36.1 Å². The van der Waals surface area contributed by atoms with Crippen molar-refractivity contribution in [2.45, 2.75) is 40.5 Å². The number of nitrogens with zero attached hydrogens (tertiary/aromatic N) is 1. The van der Waals surface area contributed by atoms with Crippen LogP contribution in [-0.4, -0.2) is 12.0 Å². The fourth-order valence-corrected chi connectivity index (χ4v) is 2.63. The maximum absolute atomic E-state index is 12.1. The van der Waals surface area contributed by atoms with Crippen LogP contribution >= 0.6 is 0 Å². The second kappa shape index (κ2) is 8.33. The molecule has 5 nitrogen and oxygen atoms in total. The van der Waals surface area contributed by atoms with E-state index in [1.54, 1.807) is 0 Å². The molecular weight excluding hydrogens is 312 g/mol. The Balaban J connectivity index is 2.09. The summed E-state index contributed by atoms with van der Waals surface area (Å²) in [5.74, 6) is 0.0706. The molecule has 0 unspecified atom stereocenters. The largest absolute Gasteiger partial charge is 0.369 e. The third kappa shape index (κ3) is 5.08. The van der Waals surface area contributed by atoms with Gasteiger partial charge >= 0.3 is 6.03 Å². The highest BCUT2D eigenvalue weighted by Gasteiger charge is 2.07. The number of benzene rings is 2. The lowest BCUT2D eigenvalue weighted by atomic mass is 10.1. The Labute approximate surface area is 149 Å². The zero-order valence-electron chi connectivity index (χ0n) is 15.3. The van der Waals surface area contributed by atoms with Gasteiger partial charge in [0.2, 0.25) is 5.96 Å². The van der Waals surface area contributed by atoms with Gasteiger partial charge in [-0.3, -0.25) is 5.32 Å². The Morgan fingerprint density at radius 1 is 1.08 bits per heavy atom. The maximum atomic E-state index is 12.1. The summed E-state index contributed by atoms with van der Waals surface area (Å²) in [5, 5.41) is 5.37. The summed E-state index contributed by atoms with van der Waals surface area (Å²) in [7, 11) is 0. The van der Waals surface area contributed by atoms with E-state index in [-0.39, 0.29) is 5.96 Å². The molecule has 0 spiro atoms. The summed E-state index contributed by atoms with van der Waals surface area (Å²) < 4.78 is 0. The van der Waals surface area contributed by atoms with Crippen molar-refractivity contribution in [3.8, 4) is 0 Å². The van der Waals surface area contributed by atoms with E-state index in [0.717, 1.165) is 40.9 Å². The van der Waals surface area contributed by atoms with E-state index in [1.165, 1.54) is 5.56 Å². The second-order valence-electron chi connectivity index (χ2n) is 6.06. The number of anilines is 1. The van der Waals surface area contributed by atoms with Gasteiger partial charge in [0.25, 0.3) is 0 Å². The Hall–Kier alpha value is -2.82. The van der Waals surface area contributed by atoms with Crippen LogP contribution < -0.4 is 16.4 Å². The van der Waals surface area contributed by atoms with Crippen molar-refractivity contribution in [1.29, 1.82) is 0 Å². The monoisotopic (exact) mass is 338 g/mol. The van der Waals surface area contributed by atoms with Gasteiger partial charge in [0, 0.05) is 5.69 Å². The van der Waals surface area contributed by atoms with Crippen LogP contribution in [0, 0.1) is 13.8 Å². The minimum atomic E-state index is -0.406. The minimum absolute atomic E-state index is 0.0706. The number of carbonyl (C=O) groups excluding carboxylic acids is 1. The molecule has 0 aromatic heterocycles. The second-order valence-corrected chi connectivity index (χ2v) is 6.06. The van der Waals surface area contributed by atoms with Crippen molar-refractivity contribution in [3.63, 3.8) is 0 Å². The van der Waals surface area contributed by atoms with Crippen LogP contribution in [0.2, 0.25) is 0 Å². The topological polar surface area (TPSA) is 79.5 Å². The van der Waals surface area contributed by atoms with Gasteiger partial charge in [-0.2, -0.15) is 0 Å². The number of carbonyl (C=O) groups is 1. The molecular formula is C20H26N4O. The fraction of sp³-hybridized carbons (Fsp3) is 0.300. The molecule has 2 amide bonds. The van der Waals surface area contributed by atoms with Crippen molar-refractivity contribution in [2.24, 2.45) is 10.7 Å². The number of hydrogen-bond donors (Lipinski definition) is 3. The minimum Gasteiger partial charge on any atom is -0.369 e. The van der Waals surface area contributed by atoms with E-state index in [2.05, 4.69) is 35.5 Å². The Morgan fingerprint density at radius 3 is 2.48 bits per heavy atom. The van der Waals surface area contributed by atoms with Gasteiger partial charge in [-0.25, -0.2) is 9.79 Å². The number of guanidine groups is 1. The molecule has 0 radical (unpaired) electrons. The van der Waals surface area contributed by atoms with Gasteiger partial charge in [0.05, 0.1) is 5.69 Å². The first kappa shape index (κ1) is 18.5. The standard InChI is InChI=1S/C20H26N4O/c1-5-15-8-10-18(16(6-2)12-15)22-19(21)24-20(25)23-17-9-7-13(3)11-14(17)4/h7-12H,5-6H2,1-4H3,(H4,21,22,23,24,25). The van der Waals surface area contributed by atoms with E-state index in [1.807, 2.05) is 44.2 Å². The molecule has 2 rings (SSSR count). The Morgan fingerprint density at radius 2 is 1.84 bits per heavy atom. The number of aliphatic imine (C=N–C) groups is 1. The molecule has 0 aliphatic heterocycles. The predicted molar refractivity (Wildman–Crippen MR) is 105 cm³/mol. The van der Waals surface area contributed by atoms with E-state index in [9.17, 15) is 4.79 Å². The van der Waals surface area contributed by atoms with Crippen molar-refractivity contribution in [3.05, 3.63) is 58.7 Å². The number of nitrogens with one attached hydrogen (secondary N) is 2. The molecule has 4 N–H and O–H groups in total. The first-order valence-corrected chi connectivity index (χ1v) is 8.54. The molecule has 0 bridgehead atoms. The summed E-state index contributed by atoms with van der Waals surface area (Å²) in [6.07, 6.45) is 1.83. The van der Waals surface area contributed by atoms with Crippen molar-refractivity contribution in [2.75, 3.05) is 5.32 Å². The number of amides is 2. The summed E-state index contributed by atoms with van der Waals surface area (Å²) in [6.45, 7) is 8.15. The first-order chi connectivity index (χ1) is 11.9. The third-order valence-corrected chi connectivity index (χ3v) is 4.05. The molecule has 25 heavy (non-hydrogen) atoms. The van der Waals surface area contributed by atoms with Gasteiger partial charge in [-0.05, 0) is 55.5 Å². The van der Waals surface area contributed by atoms with Crippen LogP contribution in [0.15, 0.2) is 41.4 Å². The quantitative estimate of drug-likeness (QED) is 0.577. The third-order valence-electron chi connectivity index (χ3n) is 4.05. The normalized spacial score (nSPS) is 11.3. The molecule has 0 fully saturated rings. The van der Waals surface area contributed by atoms with Crippen LogP contribution in [0.4, 0.5) is 16.2 Å². The lowest BCUT2D eigenvalue weighted by molar-refractivity contribution is 0.256. The van der Waals surface area contributed by atoms with E-state index in [4.69, 9.17) is 5.73 Å². The highest BCUT2D eigenvalue weighted by Crippen LogP contribution is 2.21. The Kier molecular flexibility index (Phi) is 6.17. The molecule has 0 aliphatic carbocycles. The fourth-order valence-electron chi connectivity index (χ4n) is 2.63. The molecule has 2 aromatic rings. The first-order valence-electron chi connectivity index (χ1n) is 8.54. The average molecular weight is 338 g/mol. The molecule has 0 heterocycles. The molecule has 0 saturated heterocycles. The molecule has 5 heteroatoms. The predicted octanol–water partition coefficient (Wildman–Crippen LogP) is 4.20. The van der Waals surface area contributed by atoms with Gasteiger partial charge in [-0.15, -0.1) is 0 Å². The summed E-state index contributed by atoms with van der Waals surface area (Å²) in [4.78, 5) is 16.5. The number of nitrogens with two attached hydrogens (primary N) is 1. The van der Waals surface area contributed by atoms with Crippen LogP contribution in [0.25, 0.3) is 0 Å². The Bertz CT molecular complexity index is 796. The smallest absolute Gasteiger partial charge is 0.326 e. The van der Waals surface area contributed by atoms with E-state index in [0.29, 0.717) is 0 Å². The highest BCUT2D eigenvalue weighted by molar-refractivity contribution is 6.02. The number of urea groups is 1. The maximum Gasteiger partial charge on any atom is 0.326 e. The van der Waals surface area contributed by atoms with Crippen LogP contribution in [0.3, 0.4) is 0 Å². The molecule has 0 saturated carbocycles. The number of aryl methyl sites for hydroxylation is 4. The van der Waals surface area contributed by atoms with Gasteiger partial charge in [-0.1, -0.05) is 43.7 Å². The van der Waals surface area contributed by atoms with E-state index < -0.39 is 6.03 Å². The number of hydrogen-bond acceptors (Lipinski definition) is 2. The van der Waals surface area contributed by atoms with Gasteiger partial charge in [0.1, 0.15) is 0 Å².